The maximum Gasteiger partial charge on any atom is 0.123 e. The molecule has 0 aliphatic carbocycles. The number of hydrogen-bond acceptors (Lipinski definition) is 2. The van der Waals surface area contributed by atoms with Crippen LogP contribution in [0.15, 0.2) is 42.5 Å². The van der Waals surface area contributed by atoms with E-state index in [1.165, 1.54) is 5.56 Å². The topological polar surface area (TPSA) is 18.5 Å². The van der Waals surface area contributed by atoms with E-state index >= 15 is 0 Å². The summed E-state index contributed by atoms with van der Waals surface area (Å²) in [6, 6.07) is 13.9. The Morgan fingerprint density at radius 1 is 1.26 bits per heavy atom. The van der Waals surface area contributed by atoms with Gasteiger partial charge in [0.15, 0.2) is 0 Å². The van der Waals surface area contributed by atoms with Gasteiger partial charge in [-0.1, -0.05) is 29.8 Å². The van der Waals surface area contributed by atoms with Crippen molar-refractivity contribution >= 4 is 11.6 Å². The average Bonchev–Trinajstić information content (AvgIpc) is 2.81. The molecule has 0 spiro atoms. The number of rotatable bonds is 3. The number of para-hydroxylation sites is 1. The van der Waals surface area contributed by atoms with E-state index in [0.29, 0.717) is 0 Å². The first-order chi connectivity index (χ1) is 9.26. The number of methoxy groups -OCH3 is 1. The molecule has 1 atom stereocenters. The van der Waals surface area contributed by atoms with Crippen molar-refractivity contribution in [1.29, 1.82) is 0 Å². The SMILES string of the molecule is COc1ccc(Cl)cc1CC1Cc2ccccc2O1. The molecule has 1 aliphatic rings. The van der Waals surface area contributed by atoms with Crippen molar-refractivity contribution in [3.8, 4) is 11.5 Å². The highest BCUT2D eigenvalue weighted by atomic mass is 35.5. The third kappa shape index (κ3) is 2.54. The van der Waals surface area contributed by atoms with Gasteiger partial charge in [-0.15, -0.1) is 0 Å². The fourth-order valence-electron chi connectivity index (χ4n) is 2.52. The number of benzene rings is 2. The second-order valence-corrected chi connectivity index (χ2v) is 5.15. The lowest BCUT2D eigenvalue weighted by atomic mass is 10.0. The predicted octanol–water partition coefficient (Wildman–Crippen LogP) is 3.89. The fraction of sp³-hybridized carbons (Fsp3) is 0.250. The molecule has 2 aromatic rings. The highest BCUT2D eigenvalue weighted by molar-refractivity contribution is 6.30. The van der Waals surface area contributed by atoms with Gasteiger partial charge in [0.25, 0.3) is 0 Å². The molecule has 3 heteroatoms. The van der Waals surface area contributed by atoms with Gasteiger partial charge in [-0.05, 0) is 35.4 Å². The average molecular weight is 275 g/mol. The molecule has 0 bridgehead atoms. The summed E-state index contributed by atoms with van der Waals surface area (Å²) in [6.45, 7) is 0. The number of ether oxygens (including phenoxy) is 2. The molecule has 0 saturated heterocycles. The van der Waals surface area contributed by atoms with Gasteiger partial charge >= 0.3 is 0 Å². The van der Waals surface area contributed by atoms with Gasteiger partial charge in [-0.3, -0.25) is 0 Å². The molecule has 3 rings (SSSR count). The molecule has 1 heterocycles. The third-order valence-corrected chi connectivity index (χ3v) is 3.64. The minimum Gasteiger partial charge on any atom is -0.496 e. The molecule has 0 N–H and O–H groups in total. The zero-order chi connectivity index (χ0) is 13.2. The monoisotopic (exact) mass is 274 g/mol. The molecule has 0 fully saturated rings. The van der Waals surface area contributed by atoms with Gasteiger partial charge in [0.1, 0.15) is 17.6 Å². The summed E-state index contributed by atoms with van der Waals surface area (Å²) in [5.41, 5.74) is 2.36. The Morgan fingerprint density at radius 2 is 2.11 bits per heavy atom. The van der Waals surface area contributed by atoms with Crippen LogP contribution in [0.5, 0.6) is 11.5 Å². The third-order valence-electron chi connectivity index (χ3n) is 3.40. The van der Waals surface area contributed by atoms with Gasteiger partial charge < -0.3 is 9.47 Å². The molecule has 0 radical (unpaired) electrons. The fourth-order valence-corrected chi connectivity index (χ4v) is 2.71. The Balaban J connectivity index is 1.79. The predicted molar refractivity (Wildman–Crippen MR) is 76.3 cm³/mol. The van der Waals surface area contributed by atoms with Crippen LogP contribution in [0.2, 0.25) is 5.02 Å². The molecule has 98 valence electrons. The summed E-state index contributed by atoms with van der Waals surface area (Å²) in [5.74, 6) is 1.86. The van der Waals surface area contributed by atoms with Crippen molar-refractivity contribution in [3.63, 3.8) is 0 Å². The smallest absolute Gasteiger partial charge is 0.123 e. The number of hydrogen-bond donors (Lipinski definition) is 0. The van der Waals surface area contributed by atoms with Crippen molar-refractivity contribution < 1.29 is 9.47 Å². The first-order valence-electron chi connectivity index (χ1n) is 6.33. The number of fused-ring (bicyclic) bond motifs is 1. The van der Waals surface area contributed by atoms with Crippen LogP contribution < -0.4 is 9.47 Å². The summed E-state index contributed by atoms with van der Waals surface area (Å²) in [7, 11) is 1.68. The molecule has 2 aromatic carbocycles. The summed E-state index contributed by atoms with van der Waals surface area (Å²) >= 11 is 6.05. The lowest BCUT2D eigenvalue weighted by Crippen LogP contribution is -2.16. The van der Waals surface area contributed by atoms with Gasteiger partial charge in [0.2, 0.25) is 0 Å². The zero-order valence-corrected chi connectivity index (χ0v) is 11.5. The van der Waals surface area contributed by atoms with Crippen LogP contribution in [0.25, 0.3) is 0 Å². The maximum atomic E-state index is 6.05. The van der Waals surface area contributed by atoms with E-state index in [9.17, 15) is 0 Å². The zero-order valence-electron chi connectivity index (χ0n) is 10.7. The van der Waals surface area contributed by atoms with E-state index in [0.717, 1.165) is 34.9 Å². The Bertz CT molecular complexity index is 570. The molecule has 1 unspecified atom stereocenters. The van der Waals surface area contributed by atoms with E-state index < -0.39 is 0 Å². The Labute approximate surface area is 117 Å². The summed E-state index contributed by atoms with van der Waals surface area (Å²) in [6.07, 6.45) is 1.90. The van der Waals surface area contributed by atoms with Crippen molar-refractivity contribution in [2.45, 2.75) is 18.9 Å². The van der Waals surface area contributed by atoms with Crippen LogP contribution in [-0.2, 0) is 12.8 Å². The molecule has 0 aromatic heterocycles. The molecule has 0 amide bonds. The van der Waals surface area contributed by atoms with Gasteiger partial charge in [0.05, 0.1) is 7.11 Å². The minimum atomic E-state index is 0.157. The van der Waals surface area contributed by atoms with Crippen molar-refractivity contribution in [2.24, 2.45) is 0 Å². The molecule has 19 heavy (non-hydrogen) atoms. The second kappa shape index (κ2) is 5.14. The second-order valence-electron chi connectivity index (χ2n) is 4.71. The lowest BCUT2D eigenvalue weighted by Gasteiger charge is -2.14. The van der Waals surface area contributed by atoms with Gasteiger partial charge in [0, 0.05) is 17.9 Å². The van der Waals surface area contributed by atoms with E-state index in [1.807, 2.05) is 36.4 Å². The molecular weight excluding hydrogens is 260 g/mol. The standard InChI is InChI=1S/C16H15ClO2/c1-18-15-7-6-13(17)8-12(15)10-14-9-11-4-2-3-5-16(11)19-14/h2-8,14H,9-10H2,1H3. The Morgan fingerprint density at radius 3 is 2.89 bits per heavy atom. The summed E-state index contributed by atoms with van der Waals surface area (Å²) in [4.78, 5) is 0. The largest absolute Gasteiger partial charge is 0.496 e. The molecule has 1 aliphatic heterocycles. The molecule has 2 nitrogen and oxygen atoms in total. The van der Waals surface area contributed by atoms with Crippen LogP contribution >= 0.6 is 11.6 Å². The molecular formula is C16H15ClO2. The van der Waals surface area contributed by atoms with Crippen LogP contribution in [0.3, 0.4) is 0 Å². The number of halogens is 1. The quantitative estimate of drug-likeness (QED) is 0.845. The van der Waals surface area contributed by atoms with Crippen molar-refractivity contribution in [2.75, 3.05) is 7.11 Å². The van der Waals surface area contributed by atoms with E-state index in [2.05, 4.69) is 6.07 Å². The van der Waals surface area contributed by atoms with Crippen molar-refractivity contribution in [1.82, 2.24) is 0 Å². The summed E-state index contributed by atoms with van der Waals surface area (Å²) < 4.78 is 11.3. The van der Waals surface area contributed by atoms with E-state index in [-0.39, 0.29) is 6.10 Å². The van der Waals surface area contributed by atoms with Crippen LogP contribution in [0.1, 0.15) is 11.1 Å². The first kappa shape index (κ1) is 12.4. The molecule has 0 saturated carbocycles. The normalized spacial score (nSPS) is 16.8. The lowest BCUT2D eigenvalue weighted by molar-refractivity contribution is 0.231. The highest BCUT2D eigenvalue weighted by Gasteiger charge is 2.23. The van der Waals surface area contributed by atoms with Crippen LogP contribution in [0, 0.1) is 0 Å². The Kier molecular flexibility index (Phi) is 3.34. The Hall–Kier alpha value is -1.67. The maximum absolute atomic E-state index is 6.05. The first-order valence-corrected chi connectivity index (χ1v) is 6.71. The highest BCUT2D eigenvalue weighted by Crippen LogP contribution is 2.32. The minimum absolute atomic E-state index is 0.157. The van der Waals surface area contributed by atoms with Crippen molar-refractivity contribution in [3.05, 3.63) is 58.6 Å². The van der Waals surface area contributed by atoms with E-state index in [1.54, 1.807) is 7.11 Å². The van der Waals surface area contributed by atoms with E-state index in [4.69, 9.17) is 21.1 Å². The van der Waals surface area contributed by atoms with Gasteiger partial charge in [-0.2, -0.15) is 0 Å². The van der Waals surface area contributed by atoms with Gasteiger partial charge in [-0.25, -0.2) is 0 Å². The van der Waals surface area contributed by atoms with Crippen LogP contribution in [-0.4, -0.2) is 13.2 Å². The summed E-state index contributed by atoms with van der Waals surface area (Å²) in [5, 5.41) is 0.728. The van der Waals surface area contributed by atoms with Crippen LogP contribution in [0.4, 0.5) is 0 Å².